The number of para-hydroxylation sites is 1. The first kappa shape index (κ1) is 13.2. The Morgan fingerprint density at radius 1 is 1.10 bits per heavy atom. The van der Waals surface area contributed by atoms with Crippen LogP contribution in [0.4, 0.5) is 0 Å². The van der Waals surface area contributed by atoms with Crippen LogP contribution in [-0.4, -0.2) is 7.11 Å². The number of hydrogen-bond acceptors (Lipinski definition) is 2. The molecule has 2 aromatic carbocycles. The zero-order valence-electron chi connectivity index (χ0n) is 11.9. The molecule has 0 saturated heterocycles. The first-order chi connectivity index (χ1) is 9.79. The molecule has 0 spiro atoms. The first-order valence-electron chi connectivity index (χ1n) is 7.25. The molecule has 1 aliphatic carbocycles. The molecule has 2 unspecified atom stereocenters. The molecule has 0 aliphatic heterocycles. The number of benzene rings is 2. The van der Waals surface area contributed by atoms with Gasteiger partial charge in [0.05, 0.1) is 7.11 Å². The van der Waals surface area contributed by atoms with Gasteiger partial charge in [0.15, 0.2) is 0 Å². The lowest BCUT2D eigenvalue weighted by molar-refractivity contribution is 0.362. The maximum Gasteiger partial charge on any atom is 0.122 e. The molecule has 2 N–H and O–H groups in total. The summed E-state index contributed by atoms with van der Waals surface area (Å²) < 4.78 is 5.45. The van der Waals surface area contributed by atoms with Crippen LogP contribution in [0.2, 0.25) is 0 Å². The van der Waals surface area contributed by atoms with Gasteiger partial charge < -0.3 is 10.5 Å². The molecule has 2 nitrogen and oxygen atoms in total. The van der Waals surface area contributed by atoms with Crippen molar-refractivity contribution in [1.29, 1.82) is 0 Å². The van der Waals surface area contributed by atoms with E-state index in [0.29, 0.717) is 5.92 Å². The molecule has 0 fully saturated rings. The number of ether oxygens (including phenoxy) is 1. The highest BCUT2D eigenvalue weighted by Gasteiger charge is 2.27. The van der Waals surface area contributed by atoms with Gasteiger partial charge in [0, 0.05) is 6.04 Å². The fraction of sp³-hybridized carbons (Fsp3) is 0.333. The monoisotopic (exact) mass is 267 g/mol. The van der Waals surface area contributed by atoms with Crippen molar-refractivity contribution in [3.63, 3.8) is 0 Å². The number of nitrogens with two attached hydrogens (primary N) is 1. The van der Waals surface area contributed by atoms with E-state index in [-0.39, 0.29) is 6.04 Å². The van der Waals surface area contributed by atoms with Gasteiger partial charge in [-0.3, -0.25) is 0 Å². The van der Waals surface area contributed by atoms with Crippen LogP contribution in [0.15, 0.2) is 48.5 Å². The van der Waals surface area contributed by atoms with Crippen molar-refractivity contribution in [2.24, 2.45) is 11.7 Å². The fourth-order valence-electron chi connectivity index (χ4n) is 3.24. The molecule has 0 heterocycles. The van der Waals surface area contributed by atoms with E-state index < -0.39 is 0 Å². The molecule has 0 saturated carbocycles. The highest BCUT2D eigenvalue weighted by atomic mass is 16.5. The molecular formula is C18H21NO. The normalized spacial score (nSPS) is 21.3. The van der Waals surface area contributed by atoms with Crippen LogP contribution in [0.25, 0.3) is 0 Å². The summed E-state index contributed by atoms with van der Waals surface area (Å²) in [5.74, 6) is 1.46. The Bertz CT molecular complexity index is 593. The highest BCUT2D eigenvalue weighted by Crippen LogP contribution is 2.36. The Balaban J connectivity index is 1.83. The van der Waals surface area contributed by atoms with Crippen LogP contribution in [0.5, 0.6) is 5.75 Å². The van der Waals surface area contributed by atoms with E-state index in [1.54, 1.807) is 7.11 Å². The molecule has 104 valence electrons. The maximum absolute atomic E-state index is 6.49. The largest absolute Gasteiger partial charge is 0.496 e. The molecular weight excluding hydrogens is 246 g/mol. The standard InChI is InChI=1S/C18H21NO/c1-20-17-9-5-3-7-14(17)12-15-11-10-13-6-2-4-8-16(13)18(15)19/h2-9,15,18H,10-12,19H2,1H3. The minimum absolute atomic E-state index is 0.130. The van der Waals surface area contributed by atoms with Crippen LogP contribution in [0.3, 0.4) is 0 Å². The summed E-state index contributed by atoms with van der Waals surface area (Å²) in [4.78, 5) is 0. The average Bonchev–Trinajstić information content (AvgIpc) is 2.51. The van der Waals surface area contributed by atoms with Gasteiger partial charge in [0.1, 0.15) is 5.75 Å². The molecule has 3 rings (SSSR count). The minimum atomic E-state index is 0.130. The molecule has 20 heavy (non-hydrogen) atoms. The zero-order chi connectivity index (χ0) is 13.9. The summed E-state index contributed by atoms with van der Waals surface area (Å²) in [5.41, 5.74) is 10.5. The zero-order valence-corrected chi connectivity index (χ0v) is 11.9. The van der Waals surface area contributed by atoms with E-state index in [9.17, 15) is 0 Å². The van der Waals surface area contributed by atoms with E-state index in [0.717, 1.165) is 25.0 Å². The lowest BCUT2D eigenvalue weighted by Gasteiger charge is -2.31. The van der Waals surface area contributed by atoms with Crippen molar-refractivity contribution in [3.05, 3.63) is 65.2 Å². The van der Waals surface area contributed by atoms with Gasteiger partial charge in [0.25, 0.3) is 0 Å². The quantitative estimate of drug-likeness (QED) is 0.923. The Hall–Kier alpha value is -1.80. The van der Waals surface area contributed by atoms with Crippen LogP contribution < -0.4 is 10.5 Å². The topological polar surface area (TPSA) is 35.2 Å². The molecule has 2 aromatic rings. The minimum Gasteiger partial charge on any atom is -0.496 e. The van der Waals surface area contributed by atoms with Crippen molar-refractivity contribution < 1.29 is 4.74 Å². The highest BCUT2D eigenvalue weighted by molar-refractivity contribution is 5.36. The fourth-order valence-corrected chi connectivity index (χ4v) is 3.24. The third-order valence-corrected chi connectivity index (χ3v) is 4.38. The molecule has 2 atom stereocenters. The summed E-state index contributed by atoms with van der Waals surface area (Å²) >= 11 is 0. The summed E-state index contributed by atoms with van der Waals surface area (Å²) in [7, 11) is 1.73. The number of methoxy groups -OCH3 is 1. The number of rotatable bonds is 3. The van der Waals surface area contributed by atoms with Gasteiger partial charge in [-0.05, 0) is 47.9 Å². The summed E-state index contributed by atoms with van der Waals surface area (Å²) in [5, 5.41) is 0. The first-order valence-corrected chi connectivity index (χ1v) is 7.25. The van der Waals surface area contributed by atoms with Crippen molar-refractivity contribution in [2.45, 2.75) is 25.3 Å². The molecule has 0 radical (unpaired) electrons. The second-order valence-electron chi connectivity index (χ2n) is 5.54. The van der Waals surface area contributed by atoms with Crippen LogP contribution >= 0.6 is 0 Å². The van der Waals surface area contributed by atoms with Crippen LogP contribution in [-0.2, 0) is 12.8 Å². The van der Waals surface area contributed by atoms with Crippen molar-refractivity contribution in [3.8, 4) is 5.75 Å². The second-order valence-corrected chi connectivity index (χ2v) is 5.54. The van der Waals surface area contributed by atoms with Crippen molar-refractivity contribution in [2.75, 3.05) is 7.11 Å². The number of hydrogen-bond donors (Lipinski definition) is 1. The Morgan fingerprint density at radius 2 is 1.85 bits per heavy atom. The Kier molecular flexibility index (Phi) is 3.75. The number of aryl methyl sites for hydroxylation is 1. The van der Waals surface area contributed by atoms with Gasteiger partial charge in [-0.25, -0.2) is 0 Å². The molecule has 1 aliphatic rings. The van der Waals surface area contributed by atoms with E-state index >= 15 is 0 Å². The molecule has 0 amide bonds. The van der Waals surface area contributed by atoms with E-state index in [1.165, 1.54) is 16.7 Å². The summed E-state index contributed by atoms with van der Waals surface area (Å²) in [6, 6.07) is 17.0. The van der Waals surface area contributed by atoms with E-state index in [2.05, 4.69) is 36.4 Å². The summed E-state index contributed by atoms with van der Waals surface area (Å²) in [6.45, 7) is 0. The third-order valence-electron chi connectivity index (χ3n) is 4.38. The van der Waals surface area contributed by atoms with Gasteiger partial charge >= 0.3 is 0 Å². The molecule has 0 aromatic heterocycles. The van der Waals surface area contributed by atoms with E-state index in [1.807, 2.05) is 12.1 Å². The maximum atomic E-state index is 6.49. The van der Waals surface area contributed by atoms with Crippen LogP contribution in [0, 0.1) is 5.92 Å². The predicted molar refractivity (Wildman–Crippen MR) is 81.9 cm³/mol. The second kappa shape index (κ2) is 5.68. The number of fused-ring (bicyclic) bond motifs is 1. The van der Waals surface area contributed by atoms with Crippen molar-refractivity contribution >= 4 is 0 Å². The van der Waals surface area contributed by atoms with Gasteiger partial charge in [-0.1, -0.05) is 42.5 Å². The third kappa shape index (κ3) is 2.44. The summed E-state index contributed by atoms with van der Waals surface area (Å²) in [6.07, 6.45) is 3.26. The van der Waals surface area contributed by atoms with Gasteiger partial charge in [-0.15, -0.1) is 0 Å². The predicted octanol–water partition coefficient (Wildman–Crippen LogP) is 3.50. The Labute approximate surface area is 120 Å². The average molecular weight is 267 g/mol. The molecule has 0 bridgehead atoms. The smallest absolute Gasteiger partial charge is 0.122 e. The lowest BCUT2D eigenvalue weighted by atomic mass is 9.77. The van der Waals surface area contributed by atoms with Crippen molar-refractivity contribution in [1.82, 2.24) is 0 Å². The van der Waals surface area contributed by atoms with Gasteiger partial charge in [0.2, 0.25) is 0 Å². The van der Waals surface area contributed by atoms with E-state index in [4.69, 9.17) is 10.5 Å². The SMILES string of the molecule is COc1ccccc1CC1CCc2ccccc2C1N. The van der Waals surface area contributed by atoms with Gasteiger partial charge in [-0.2, -0.15) is 0 Å². The molecule has 2 heteroatoms. The van der Waals surface area contributed by atoms with Crippen LogP contribution in [0.1, 0.15) is 29.2 Å². The lowest BCUT2D eigenvalue weighted by Crippen LogP contribution is -2.28. The Morgan fingerprint density at radius 3 is 2.70 bits per heavy atom.